The molecule has 0 amide bonds. The van der Waals surface area contributed by atoms with Crippen LogP contribution in [0.3, 0.4) is 0 Å². The van der Waals surface area contributed by atoms with Crippen LogP contribution >= 0.6 is 0 Å². The van der Waals surface area contributed by atoms with Gasteiger partial charge in [0.15, 0.2) is 5.69 Å². The Labute approximate surface area is 86.5 Å². The van der Waals surface area contributed by atoms with E-state index >= 15 is 0 Å². The van der Waals surface area contributed by atoms with E-state index in [9.17, 15) is 0 Å². The summed E-state index contributed by atoms with van der Waals surface area (Å²) < 4.78 is 2.17. The highest BCUT2D eigenvalue weighted by Crippen LogP contribution is 2.21. The zero-order valence-corrected chi connectivity index (χ0v) is 10.1. The summed E-state index contributed by atoms with van der Waals surface area (Å²) in [6.07, 6.45) is 0. The second kappa shape index (κ2) is 4.11. The molecule has 3 nitrogen and oxygen atoms in total. The first-order valence-corrected chi connectivity index (χ1v) is 5.44. The third kappa shape index (κ3) is 1.97. The summed E-state index contributed by atoms with van der Waals surface area (Å²) in [6, 6.07) is 0.451. The second-order valence-corrected chi connectivity index (χ2v) is 4.76. The summed E-state index contributed by atoms with van der Waals surface area (Å²) in [4.78, 5) is 0. The molecule has 0 aliphatic carbocycles. The Morgan fingerprint density at radius 3 is 1.93 bits per heavy atom. The van der Waals surface area contributed by atoms with Crippen molar-refractivity contribution in [1.29, 1.82) is 0 Å². The molecule has 14 heavy (non-hydrogen) atoms. The van der Waals surface area contributed by atoms with Crippen LogP contribution in [0.2, 0.25) is 0 Å². The van der Waals surface area contributed by atoms with E-state index in [1.165, 1.54) is 11.4 Å². The van der Waals surface area contributed by atoms with Crippen LogP contribution in [0, 0.1) is 0 Å². The van der Waals surface area contributed by atoms with Gasteiger partial charge in [0, 0.05) is 16.9 Å². The average Bonchev–Trinajstić information content (AvgIpc) is 2.46. The normalized spacial score (nSPS) is 12.1. The highest BCUT2D eigenvalue weighted by molar-refractivity contribution is 5.12. The molecule has 0 aliphatic rings. The highest BCUT2D eigenvalue weighted by atomic mass is 15.4. The van der Waals surface area contributed by atoms with Crippen LogP contribution in [0.5, 0.6) is 0 Å². The van der Waals surface area contributed by atoms with Crippen molar-refractivity contribution >= 4 is 0 Å². The van der Waals surface area contributed by atoms with Gasteiger partial charge in [0.05, 0.1) is 0 Å². The number of nitrogens with zero attached hydrogens (tertiary/aromatic N) is 2. The van der Waals surface area contributed by atoms with Gasteiger partial charge in [-0.25, -0.2) is 0 Å². The molecule has 0 saturated carbocycles. The molecule has 0 unspecified atom stereocenters. The van der Waals surface area contributed by atoms with Gasteiger partial charge < -0.3 is 0 Å². The van der Waals surface area contributed by atoms with Crippen molar-refractivity contribution in [3.05, 3.63) is 11.4 Å². The van der Waals surface area contributed by atoms with Crippen molar-refractivity contribution in [3.8, 4) is 0 Å². The van der Waals surface area contributed by atoms with E-state index in [0.29, 0.717) is 17.9 Å². The lowest BCUT2D eigenvalue weighted by Gasteiger charge is -2.08. The van der Waals surface area contributed by atoms with Gasteiger partial charge in [-0.2, -0.15) is 4.68 Å². The molecule has 1 aromatic rings. The SMILES string of the molecule is CC(C)c1n[nH][n+](C(C)C)c1C(C)C. The van der Waals surface area contributed by atoms with Crippen LogP contribution in [0.25, 0.3) is 0 Å². The van der Waals surface area contributed by atoms with Gasteiger partial charge in [-0.05, 0) is 13.8 Å². The molecule has 1 heterocycles. The lowest BCUT2D eigenvalue weighted by atomic mass is 10.0. The number of nitrogens with one attached hydrogen (secondary N) is 1. The summed E-state index contributed by atoms with van der Waals surface area (Å²) in [6.45, 7) is 13.2. The summed E-state index contributed by atoms with van der Waals surface area (Å²) in [5, 5.41) is 7.50. The molecule has 0 saturated heterocycles. The molecular weight excluding hydrogens is 174 g/mol. The molecule has 0 spiro atoms. The molecule has 0 radical (unpaired) electrons. The first-order chi connectivity index (χ1) is 6.45. The summed E-state index contributed by atoms with van der Waals surface area (Å²) in [7, 11) is 0. The summed E-state index contributed by atoms with van der Waals surface area (Å²) >= 11 is 0. The van der Waals surface area contributed by atoms with E-state index in [1.54, 1.807) is 0 Å². The van der Waals surface area contributed by atoms with Crippen molar-refractivity contribution in [2.75, 3.05) is 0 Å². The van der Waals surface area contributed by atoms with Crippen molar-refractivity contribution < 1.29 is 4.68 Å². The number of aromatic nitrogens is 3. The van der Waals surface area contributed by atoms with Gasteiger partial charge in [-0.15, -0.1) is 0 Å². The predicted molar refractivity (Wildman–Crippen MR) is 57.3 cm³/mol. The summed E-state index contributed by atoms with van der Waals surface area (Å²) in [5.41, 5.74) is 2.55. The zero-order chi connectivity index (χ0) is 10.9. The molecule has 0 aliphatic heterocycles. The molecule has 0 aromatic carbocycles. The van der Waals surface area contributed by atoms with Crippen LogP contribution in [0.15, 0.2) is 0 Å². The number of H-pyrrole nitrogens is 1. The molecular formula is C11H22N3+. The minimum atomic E-state index is 0.451. The molecule has 1 rings (SSSR count). The van der Waals surface area contributed by atoms with Gasteiger partial charge in [0.2, 0.25) is 5.69 Å². The van der Waals surface area contributed by atoms with E-state index in [2.05, 4.69) is 56.5 Å². The third-order valence-electron chi connectivity index (χ3n) is 2.41. The number of hydrogen-bond donors (Lipinski definition) is 1. The fourth-order valence-electron chi connectivity index (χ4n) is 1.73. The fraction of sp³-hybridized carbons (Fsp3) is 0.818. The van der Waals surface area contributed by atoms with Crippen LogP contribution in [0.1, 0.15) is 70.8 Å². The van der Waals surface area contributed by atoms with Crippen molar-refractivity contribution in [2.45, 2.75) is 59.4 Å². The topological polar surface area (TPSA) is 32.6 Å². The van der Waals surface area contributed by atoms with E-state index in [0.717, 1.165) is 0 Å². The summed E-state index contributed by atoms with van der Waals surface area (Å²) in [5.74, 6) is 1.01. The number of hydrogen-bond acceptors (Lipinski definition) is 1. The van der Waals surface area contributed by atoms with E-state index in [-0.39, 0.29) is 0 Å². The minimum Gasteiger partial charge on any atom is -0.157 e. The van der Waals surface area contributed by atoms with Gasteiger partial charge >= 0.3 is 0 Å². The zero-order valence-electron chi connectivity index (χ0n) is 10.1. The Bertz CT molecular complexity index is 272. The largest absolute Gasteiger partial charge is 0.224 e. The average molecular weight is 196 g/mol. The monoisotopic (exact) mass is 196 g/mol. The van der Waals surface area contributed by atoms with Crippen LogP contribution in [0.4, 0.5) is 0 Å². The third-order valence-corrected chi connectivity index (χ3v) is 2.41. The lowest BCUT2D eigenvalue weighted by molar-refractivity contribution is -0.778. The maximum atomic E-state index is 4.40. The Kier molecular flexibility index (Phi) is 3.29. The maximum absolute atomic E-state index is 4.40. The predicted octanol–water partition coefficient (Wildman–Crippen LogP) is 2.52. The Morgan fingerprint density at radius 2 is 1.57 bits per heavy atom. The van der Waals surface area contributed by atoms with E-state index in [4.69, 9.17) is 0 Å². The first-order valence-electron chi connectivity index (χ1n) is 5.44. The number of aromatic amines is 1. The first kappa shape index (κ1) is 11.2. The quantitative estimate of drug-likeness (QED) is 0.740. The lowest BCUT2D eigenvalue weighted by Crippen LogP contribution is -2.42. The van der Waals surface area contributed by atoms with Crippen LogP contribution in [-0.2, 0) is 0 Å². The molecule has 0 atom stereocenters. The molecule has 80 valence electrons. The van der Waals surface area contributed by atoms with Crippen molar-refractivity contribution in [2.24, 2.45) is 0 Å². The molecule has 3 heteroatoms. The van der Waals surface area contributed by atoms with Gasteiger partial charge in [-0.1, -0.05) is 32.9 Å². The number of rotatable bonds is 3. The molecule has 1 N–H and O–H groups in total. The van der Waals surface area contributed by atoms with E-state index < -0.39 is 0 Å². The molecule has 0 fully saturated rings. The van der Waals surface area contributed by atoms with Crippen molar-refractivity contribution in [3.63, 3.8) is 0 Å². The van der Waals surface area contributed by atoms with Crippen molar-refractivity contribution in [1.82, 2.24) is 10.3 Å². The van der Waals surface area contributed by atoms with Gasteiger partial charge in [0.25, 0.3) is 0 Å². The Morgan fingerprint density at radius 1 is 1.00 bits per heavy atom. The Balaban J connectivity index is 3.20. The standard InChI is InChI=1S/C11H21N3/c1-7(2)10-11(8(3)4)14(9(5)6)13-12-10/h7-9H,1-6H3/p+1. The van der Waals surface area contributed by atoms with Gasteiger partial charge in [0.1, 0.15) is 6.04 Å². The van der Waals surface area contributed by atoms with Gasteiger partial charge in [-0.3, -0.25) is 0 Å². The molecule has 1 aromatic heterocycles. The Hall–Kier alpha value is -0.860. The second-order valence-electron chi connectivity index (χ2n) is 4.76. The molecule has 0 bridgehead atoms. The van der Waals surface area contributed by atoms with Crippen LogP contribution < -0.4 is 4.68 Å². The minimum absolute atomic E-state index is 0.451. The highest BCUT2D eigenvalue weighted by Gasteiger charge is 2.27. The van der Waals surface area contributed by atoms with E-state index in [1.807, 2.05) is 0 Å². The van der Waals surface area contributed by atoms with Crippen LogP contribution in [-0.4, -0.2) is 10.3 Å². The fourth-order valence-corrected chi connectivity index (χ4v) is 1.73. The smallest absolute Gasteiger partial charge is 0.157 e. The maximum Gasteiger partial charge on any atom is 0.224 e.